The molecule has 0 aliphatic carbocycles. The maximum Gasteiger partial charge on any atom is 0.446 e. The second-order valence-corrected chi connectivity index (χ2v) is 7.87. The van der Waals surface area contributed by atoms with Crippen LogP contribution in [0.4, 0.5) is 18.9 Å². The van der Waals surface area contributed by atoms with E-state index >= 15 is 0 Å². The Hall–Kier alpha value is -2.46. The van der Waals surface area contributed by atoms with Crippen molar-refractivity contribution in [2.45, 2.75) is 36.0 Å². The Kier molecular flexibility index (Phi) is 7.43. The monoisotopic (exact) mass is 442 g/mol. The zero-order valence-corrected chi connectivity index (χ0v) is 16.8. The van der Waals surface area contributed by atoms with Gasteiger partial charge in [-0.1, -0.05) is 12.1 Å². The van der Waals surface area contributed by atoms with Crippen LogP contribution in [0.15, 0.2) is 47.6 Å². The van der Waals surface area contributed by atoms with Gasteiger partial charge in [0.05, 0.1) is 30.8 Å². The van der Waals surface area contributed by atoms with Crippen LogP contribution in [0, 0.1) is 0 Å². The normalized spacial score (nSPS) is 17.0. The van der Waals surface area contributed by atoms with Crippen LogP contribution >= 0.6 is 11.8 Å². The standard InChI is InChI=1S/C20H21F3N2O4S/c21-20(22,23)30-18-4-1-14(2-5-18)13-29-17-9-15(10-24-11-17)25-7-8-28-16(12-25)3-6-19(26)27/h1-2,4-5,9-11,16H,3,6-8,12-13H2,(H,26,27)/t16-/m0/s1. The van der Waals surface area contributed by atoms with Crippen molar-refractivity contribution in [3.63, 3.8) is 0 Å². The van der Waals surface area contributed by atoms with Gasteiger partial charge in [0.15, 0.2) is 0 Å². The minimum Gasteiger partial charge on any atom is -0.487 e. The first kappa shape index (κ1) is 22.2. The molecule has 0 bridgehead atoms. The fourth-order valence-electron chi connectivity index (χ4n) is 3.03. The van der Waals surface area contributed by atoms with Gasteiger partial charge in [0.1, 0.15) is 12.4 Å². The van der Waals surface area contributed by atoms with Gasteiger partial charge in [0, 0.05) is 30.5 Å². The molecule has 1 aliphatic rings. The molecule has 1 aromatic carbocycles. The summed E-state index contributed by atoms with van der Waals surface area (Å²) < 4.78 is 48.6. The molecule has 1 N–H and O–H groups in total. The molecule has 0 saturated carbocycles. The number of carboxylic acids is 1. The Morgan fingerprint density at radius 3 is 2.77 bits per heavy atom. The van der Waals surface area contributed by atoms with Gasteiger partial charge in [-0.2, -0.15) is 13.2 Å². The van der Waals surface area contributed by atoms with E-state index in [1.165, 1.54) is 12.1 Å². The van der Waals surface area contributed by atoms with Crippen LogP contribution in [0.2, 0.25) is 0 Å². The summed E-state index contributed by atoms with van der Waals surface area (Å²) in [5.41, 5.74) is -2.73. The Morgan fingerprint density at radius 2 is 2.07 bits per heavy atom. The van der Waals surface area contributed by atoms with Crippen molar-refractivity contribution in [1.29, 1.82) is 0 Å². The molecule has 30 heavy (non-hydrogen) atoms. The number of aliphatic carboxylic acids is 1. The molecule has 1 aliphatic heterocycles. The number of alkyl halides is 3. The Balaban J connectivity index is 1.56. The molecular weight excluding hydrogens is 421 g/mol. The van der Waals surface area contributed by atoms with Crippen molar-refractivity contribution in [3.8, 4) is 5.75 Å². The van der Waals surface area contributed by atoms with Gasteiger partial charge in [-0.3, -0.25) is 9.78 Å². The molecule has 6 nitrogen and oxygen atoms in total. The molecule has 1 aromatic heterocycles. The third-order valence-corrected chi connectivity index (χ3v) is 5.18. The van der Waals surface area contributed by atoms with E-state index in [1.54, 1.807) is 24.5 Å². The van der Waals surface area contributed by atoms with Crippen molar-refractivity contribution < 1.29 is 32.5 Å². The lowest BCUT2D eigenvalue weighted by Crippen LogP contribution is -2.42. The third-order valence-electron chi connectivity index (χ3n) is 4.45. The van der Waals surface area contributed by atoms with Crippen LogP contribution in [-0.4, -0.2) is 47.4 Å². The summed E-state index contributed by atoms with van der Waals surface area (Å²) in [6, 6.07) is 7.86. The van der Waals surface area contributed by atoms with Crippen LogP contribution in [0.1, 0.15) is 18.4 Å². The first-order valence-corrected chi connectivity index (χ1v) is 10.1. The van der Waals surface area contributed by atoms with E-state index < -0.39 is 11.5 Å². The number of thioether (sulfide) groups is 1. The zero-order valence-electron chi connectivity index (χ0n) is 16.0. The van der Waals surface area contributed by atoms with Crippen LogP contribution < -0.4 is 9.64 Å². The topological polar surface area (TPSA) is 71.9 Å². The molecule has 10 heteroatoms. The second kappa shape index (κ2) is 10.0. The van der Waals surface area contributed by atoms with E-state index in [2.05, 4.69) is 9.88 Å². The summed E-state index contributed by atoms with van der Waals surface area (Å²) in [5.74, 6) is -0.312. The third kappa shape index (κ3) is 7.10. The number of anilines is 1. The number of hydrogen-bond donors (Lipinski definition) is 1. The molecule has 2 aromatic rings. The minimum atomic E-state index is -4.31. The number of morpholine rings is 1. The largest absolute Gasteiger partial charge is 0.487 e. The lowest BCUT2D eigenvalue weighted by atomic mass is 10.1. The number of nitrogens with zero attached hydrogens (tertiary/aromatic N) is 2. The fraction of sp³-hybridized carbons (Fsp3) is 0.400. The highest BCUT2D eigenvalue weighted by Crippen LogP contribution is 2.36. The van der Waals surface area contributed by atoms with Gasteiger partial charge in [-0.15, -0.1) is 0 Å². The van der Waals surface area contributed by atoms with Crippen molar-refractivity contribution in [1.82, 2.24) is 4.98 Å². The maximum absolute atomic E-state index is 12.4. The number of carbonyl (C=O) groups is 1. The molecule has 1 saturated heterocycles. The van der Waals surface area contributed by atoms with Gasteiger partial charge in [-0.25, -0.2) is 0 Å². The number of benzene rings is 1. The van der Waals surface area contributed by atoms with E-state index in [9.17, 15) is 18.0 Å². The zero-order chi connectivity index (χ0) is 21.6. The molecule has 3 rings (SSSR count). The summed E-state index contributed by atoms with van der Waals surface area (Å²) >= 11 is -0.152. The summed E-state index contributed by atoms with van der Waals surface area (Å²) in [6.07, 6.45) is 3.61. The number of ether oxygens (including phenoxy) is 2. The summed E-state index contributed by atoms with van der Waals surface area (Å²) in [4.78, 5) is 17.1. The number of carboxylic acid groups (broad SMARTS) is 1. The predicted octanol–water partition coefficient (Wildman–Crippen LogP) is 4.34. The molecule has 0 unspecified atom stereocenters. The first-order chi connectivity index (χ1) is 14.3. The molecule has 1 atom stereocenters. The highest BCUT2D eigenvalue weighted by molar-refractivity contribution is 8.00. The van der Waals surface area contributed by atoms with E-state index in [-0.39, 0.29) is 35.8 Å². The second-order valence-electron chi connectivity index (χ2n) is 6.73. The fourth-order valence-corrected chi connectivity index (χ4v) is 3.57. The summed E-state index contributed by atoms with van der Waals surface area (Å²) in [6.45, 7) is 1.92. The van der Waals surface area contributed by atoms with Gasteiger partial charge in [-0.05, 0) is 35.9 Å². The van der Waals surface area contributed by atoms with Gasteiger partial charge in [0.25, 0.3) is 0 Å². The van der Waals surface area contributed by atoms with Crippen LogP contribution in [0.5, 0.6) is 5.75 Å². The summed E-state index contributed by atoms with van der Waals surface area (Å²) in [5, 5.41) is 8.83. The number of pyridine rings is 1. The smallest absolute Gasteiger partial charge is 0.446 e. The summed E-state index contributed by atoms with van der Waals surface area (Å²) in [7, 11) is 0. The highest BCUT2D eigenvalue weighted by atomic mass is 32.2. The molecule has 0 spiro atoms. The van der Waals surface area contributed by atoms with Crippen molar-refractivity contribution >= 4 is 23.4 Å². The lowest BCUT2D eigenvalue weighted by molar-refractivity contribution is -0.137. The average molecular weight is 442 g/mol. The molecule has 0 amide bonds. The Labute approximate surface area is 176 Å². The SMILES string of the molecule is O=C(O)CC[C@H]1CN(c2cncc(OCc3ccc(SC(F)(F)F)cc3)c2)CCO1. The minimum absolute atomic E-state index is 0.0557. The maximum atomic E-state index is 12.4. The van der Waals surface area contributed by atoms with Crippen LogP contribution in [0.25, 0.3) is 0 Å². The van der Waals surface area contributed by atoms with Crippen molar-refractivity contribution in [2.24, 2.45) is 0 Å². The quantitative estimate of drug-likeness (QED) is 0.610. The Morgan fingerprint density at radius 1 is 1.30 bits per heavy atom. The van der Waals surface area contributed by atoms with Gasteiger partial charge in [0.2, 0.25) is 0 Å². The van der Waals surface area contributed by atoms with Crippen LogP contribution in [-0.2, 0) is 16.1 Å². The molecular formula is C20H21F3N2O4S. The van der Waals surface area contributed by atoms with E-state index in [0.29, 0.717) is 31.9 Å². The van der Waals surface area contributed by atoms with Crippen LogP contribution in [0.3, 0.4) is 0 Å². The van der Waals surface area contributed by atoms with Gasteiger partial charge < -0.3 is 19.5 Å². The van der Waals surface area contributed by atoms with E-state index in [1.807, 2.05) is 6.07 Å². The number of hydrogen-bond acceptors (Lipinski definition) is 6. The van der Waals surface area contributed by atoms with Crippen molar-refractivity contribution in [2.75, 3.05) is 24.6 Å². The number of halogens is 3. The number of rotatable bonds is 8. The molecule has 162 valence electrons. The molecule has 2 heterocycles. The van der Waals surface area contributed by atoms with Gasteiger partial charge >= 0.3 is 11.5 Å². The van der Waals surface area contributed by atoms with E-state index in [0.717, 1.165) is 11.3 Å². The molecule has 0 radical (unpaired) electrons. The molecule has 1 fully saturated rings. The average Bonchev–Trinajstić information content (AvgIpc) is 2.71. The van der Waals surface area contributed by atoms with E-state index in [4.69, 9.17) is 14.6 Å². The lowest BCUT2D eigenvalue weighted by Gasteiger charge is -2.34. The number of aromatic nitrogens is 1. The Bertz CT molecular complexity index is 849. The highest BCUT2D eigenvalue weighted by Gasteiger charge is 2.29. The predicted molar refractivity (Wildman–Crippen MR) is 106 cm³/mol. The first-order valence-electron chi connectivity index (χ1n) is 9.29. The van der Waals surface area contributed by atoms with Crippen molar-refractivity contribution in [3.05, 3.63) is 48.3 Å².